The van der Waals surface area contributed by atoms with Crippen LogP contribution in [-0.2, 0) is 0 Å². The summed E-state index contributed by atoms with van der Waals surface area (Å²) in [5.74, 6) is 1.31. The van der Waals surface area contributed by atoms with Crippen LogP contribution < -0.4 is 5.32 Å². The largest absolute Gasteiger partial charge is 0.315 e. The highest BCUT2D eigenvalue weighted by Gasteiger charge is 2.23. The fourth-order valence-electron chi connectivity index (χ4n) is 2.49. The van der Waals surface area contributed by atoms with E-state index < -0.39 is 0 Å². The Bertz CT molecular complexity index is 229. The van der Waals surface area contributed by atoms with Crippen LogP contribution in [0.4, 0.5) is 0 Å². The van der Waals surface area contributed by atoms with Gasteiger partial charge in [0.25, 0.3) is 0 Å². The first-order chi connectivity index (χ1) is 8.99. The van der Waals surface area contributed by atoms with Crippen molar-refractivity contribution in [3.63, 3.8) is 0 Å². The highest BCUT2D eigenvalue weighted by molar-refractivity contribution is 8.00. The number of hydrogen-bond donors (Lipinski definition) is 1. The van der Waals surface area contributed by atoms with Gasteiger partial charge >= 0.3 is 0 Å². The van der Waals surface area contributed by atoms with Crippen LogP contribution in [0, 0.1) is 0 Å². The van der Waals surface area contributed by atoms with Crippen molar-refractivity contribution in [3.8, 4) is 0 Å². The number of unbranched alkanes of at least 4 members (excludes halogenated alkanes) is 3. The van der Waals surface area contributed by atoms with E-state index >= 15 is 0 Å². The molecule has 0 radical (unpaired) electrons. The lowest BCUT2D eigenvalue weighted by Crippen LogP contribution is -2.28. The van der Waals surface area contributed by atoms with Gasteiger partial charge in [-0.05, 0) is 38.9 Å². The average Bonchev–Trinajstić information content (AvgIpc) is 2.49. The molecule has 1 fully saturated rings. The van der Waals surface area contributed by atoms with Gasteiger partial charge < -0.3 is 10.2 Å². The first kappa shape index (κ1) is 17.3. The van der Waals surface area contributed by atoms with Crippen LogP contribution in [0.1, 0.15) is 59.8 Å². The van der Waals surface area contributed by atoms with Crippen LogP contribution in [-0.4, -0.2) is 47.6 Å². The quantitative estimate of drug-likeness (QED) is 0.684. The van der Waals surface area contributed by atoms with Crippen molar-refractivity contribution in [1.82, 2.24) is 10.2 Å². The zero-order chi connectivity index (χ0) is 14.1. The number of thioether (sulfide) groups is 1. The zero-order valence-electron chi connectivity index (χ0n) is 13.5. The molecule has 0 aliphatic carbocycles. The molecular formula is C16H34N2S. The minimum absolute atomic E-state index is 0.497. The lowest BCUT2D eigenvalue weighted by molar-refractivity contribution is 0.277. The summed E-state index contributed by atoms with van der Waals surface area (Å²) in [6.07, 6.45) is 6.84. The van der Waals surface area contributed by atoms with Gasteiger partial charge in [0.2, 0.25) is 0 Å². The Morgan fingerprint density at radius 1 is 1.11 bits per heavy atom. The SMILES string of the molecule is CC(C)NCCCCCCN1CCSC(C)(C)CC1. The van der Waals surface area contributed by atoms with Crippen LogP contribution in [0.5, 0.6) is 0 Å². The Labute approximate surface area is 125 Å². The van der Waals surface area contributed by atoms with E-state index in [2.05, 4.69) is 49.7 Å². The molecule has 1 rings (SSSR count). The number of rotatable bonds is 8. The van der Waals surface area contributed by atoms with E-state index in [4.69, 9.17) is 0 Å². The van der Waals surface area contributed by atoms with Crippen LogP contribution in [0.25, 0.3) is 0 Å². The van der Waals surface area contributed by atoms with Gasteiger partial charge in [0.1, 0.15) is 0 Å². The van der Waals surface area contributed by atoms with Gasteiger partial charge in [-0.15, -0.1) is 0 Å². The molecule has 1 aliphatic rings. The summed E-state index contributed by atoms with van der Waals surface area (Å²) < 4.78 is 0.497. The van der Waals surface area contributed by atoms with Crippen molar-refractivity contribution in [2.24, 2.45) is 0 Å². The summed E-state index contributed by atoms with van der Waals surface area (Å²) >= 11 is 2.15. The molecule has 0 atom stereocenters. The Morgan fingerprint density at radius 3 is 2.58 bits per heavy atom. The van der Waals surface area contributed by atoms with E-state index in [1.54, 1.807) is 0 Å². The molecule has 0 bridgehead atoms. The molecule has 2 nitrogen and oxygen atoms in total. The van der Waals surface area contributed by atoms with Crippen LogP contribution in [0.15, 0.2) is 0 Å². The fraction of sp³-hybridized carbons (Fsp3) is 1.00. The minimum atomic E-state index is 0.497. The maximum atomic E-state index is 3.49. The second kappa shape index (κ2) is 9.25. The molecule has 0 aromatic heterocycles. The van der Waals surface area contributed by atoms with Crippen LogP contribution in [0.2, 0.25) is 0 Å². The van der Waals surface area contributed by atoms with Crippen molar-refractivity contribution in [1.29, 1.82) is 0 Å². The predicted molar refractivity (Wildman–Crippen MR) is 89.2 cm³/mol. The first-order valence-corrected chi connectivity index (χ1v) is 9.08. The van der Waals surface area contributed by atoms with Gasteiger partial charge in [-0.25, -0.2) is 0 Å². The van der Waals surface area contributed by atoms with Gasteiger partial charge in [-0.2, -0.15) is 11.8 Å². The third kappa shape index (κ3) is 8.93. The van der Waals surface area contributed by atoms with Gasteiger partial charge in [-0.3, -0.25) is 0 Å². The normalized spacial score (nSPS) is 20.7. The average molecular weight is 287 g/mol. The lowest BCUT2D eigenvalue weighted by Gasteiger charge is -2.22. The molecule has 0 unspecified atom stereocenters. The summed E-state index contributed by atoms with van der Waals surface area (Å²) in [5.41, 5.74) is 0. The second-order valence-electron chi connectivity index (χ2n) is 6.72. The monoisotopic (exact) mass is 286 g/mol. The topological polar surface area (TPSA) is 15.3 Å². The van der Waals surface area contributed by atoms with Crippen molar-refractivity contribution in [3.05, 3.63) is 0 Å². The van der Waals surface area contributed by atoms with E-state index in [9.17, 15) is 0 Å². The van der Waals surface area contributed by atoms with Crippen molar-refractivity contribution in [2.75, 3.05) is 31.9 Å². The smallest absolute Gasteiger partial charge is 0.0116 e. The summed E-state index contributed by atoms with van der Waals surface area (Å²) in [7, 11) is 0. The molecule has 0 aromatic rings. The Morgan fingerprint density at radius 2 is 1.84 bits per heavy atom. The fourth-order valence-corrected chi connectivity index (χ4v) is 3.63. The second-order valence-corrected chi connectivity index (χ2v) is 8.52. The molecule has 0 spiro atoms. The number of hydrogen-bond acceptors (Lipinski definition) is 3. The summed E-state index contributed by atoms with van der Waals surface area (Å²) in [4.78, 5) is 2.67. The van der Waals surface area contributed by atoms with E-state index in [1.165, 1.54) is 64.0 Å². The lowest BCUT2D eigenvalue weighted by atomic mass is 10.1. The van der Waals surface area contributed by atoms with E-state index in [0.717, 1.165) is 0 Å². The summed E-state index contributed by atoms with van der Waals surface area (Å²) in [5, 5.41) is 3.49. The molecule has 19 heavy (non-hydrogen) atoms. The highest BCUT2D eigenvalue weighted by atomic mass is 32.2. The van der Waals surface area contributed by atoms with E-state index in [1.807, 2.05) is 0 Å². The molecule has 1 N–H and O–H groups in total. The number of nitrogens with zero attached hydrogens (tertiary/aromatic N) is 1. The molecule has 1 saturated heterocycles. The summed E-state index contributed by atoms with van der Waals surface area (Å²) in [6.45, 7) is 14.3. The molecule has 1 aliphatic heterocycles. The van der Waals surface area contributed by atoms with Crippen molar-refractivity contribution >= 4 is 11.8 Å². The van der Waals surface area contributed by atoms with Gasteiger partial charge in [-0.1, -0.05) is 40.5 Å². The highest BCUT2D eigenvalue weighted by Crippen LogP contribution is 2.30. The van der Waals surface area contributed by atoms with Crippen molar-refractivity contribution < 1.29 is 0 Å². The van der Waals surface area contributed by atoms with Gasteiger partial charge in [0, 0.05) is 23.1 Å². The van der Waals surface area contributed by atoms with Crippen LogP contribution >= 0.6 is 11.8 Å². The van der Waals surface area contributed by atoms with E-state index in [-0.39, 0.29) is 0 Å². The minimum Gasteiger partial charge on any atom is -0.315 e. The summed E-state index contributed by atoms with van der Waals surface area (Å²) in [6, 6.07) is 0.637. The molecule has 3 heteroatoms. The van der Waals surface area contributed by atoms with Crippen LogP contribution in [0.3, 0.4) is 0 Å². The standard InChI is InChI=1S/C16H34N2S/c1-15(2)17-10-7-5-6-8-11-18-12-9-16(3,4)19-14-13-18/h15,17H,5-14H2,1-4H3. The van der Waals surface area contributed by atoms with Gasteiger partial charge in [0.05, 0.1) is 0 Å². The Balaban J connectivity index is 1.97. The molecule has 1 heterocycles. The van der Waals surface area contributed by atoms with Crippen molar-refractivity contribution in [2.45, 2.75) is 70.6 Å². The van der Waals surface area contributed by atoms with Gasteiger partial charge in [0.15, 0.2) is 0 Å². The first-order valence-electron chi connectivity index (χ1n) is 8.09. The zero-order valence-corrected chi connectivity index (χ0v) is 14.3. The molecule has 0 aromatic carbocycles. The molecular weight excluding hydrogens is 252 g/mol. The predicted octanol–water partition coefficient (Wildman–Crippen LogP) is 3.76. The number of nitrogens with one attached hydrogen (secondary N) is 1. The molecule has 114 valence electrons. The Kier molecular flexibility index (Phi) is 8.43. The maximum Gasteiger partial charge on any atom is 0.0116 e. The van der Waals surface area contributed by atoms with E-state index in [0.29, 0.717) is 10.8 Å². The maximum absolute atomic E-state index is 3.49. The molecule has 0 amide bonds. The molecule has 0 saturated carbocycles. The third-order valence-electron chi connectivity index (χ3n) is 3.88. The third-order valence-corrected chi connectivity index (χ3v) is 5.26. The Hall–Kier alpha value is 0.270.